The second kappa shape index (κ2) is 5.95. The fourth-order valence-corrected chi connectivity index (χ4v) is 2.22. The third-order valence-corrected chi connectivity index (χ3v) is 3.24. The number of aryl methyl sites for hydroxylation is 1. The van der Waals surface area contributed by atoms with Crippen LogP contribution in [0.1, 0.15) is 18.5 Å². The Morgan fingerprint density at radius 3 is 2.68 bits per heavy atom. The van der Waals surface area contributed by atoms with Gasteiger partial charge in [0, 0.05) is 24.8 Å². The van der Waals surface area contributed by atoms with Gasteiger partial charge in [0.1, 0.15) is 5.82 Å². The van der Waals surface area contributed by atoms with Crippen molar-refractivity contribution in [1.82, 2.24) is 10.3 Å². The zero-order valence-electron chi connectivity index (χ0n) is 10.8. The zero-order valence-corrected chi connectivity index (χ0v) is 10.8. The van der Waals surface area contributed by atoms with Gasteiger partial charge in [-0.25, -0.2) is 4.98 Å². The molecule has 1 aliphatic heterocycles. The van der Waals surface area contributed by atoms with Gasteiger partial charge in [-0.2, -0.15) is 8.78 Å². The van der Waals surface area contributed by atoms with E-state index in [1.54, 1.807) is 0 Å². The van der Waals surface area contributed by atoms with Crippen LogP contribution in [-0.4, -0.2) is 36.4 Å². The van der Waals surface area contributed by atoms with Crippen molar-refractivity contribution in [2.24, 2.45) is 0 Å². The molecule has 0 saturated carbocycles. The van der Waals surface area contributed by atoms with Crippen LogP contribution in [0.15, 0.2) is 18.2 Å². The molecule has 6 heteroatoms. The molecule has 1 aromatic heterocycles. The van der Waals surface area contributed by atoms with Gasteiger partial charge in [0.2, 0.25) is 0 Å². The number of aromatic nitrogens is 1. The van der Waals surface area contributed by atoms with Gasteiger partial charge in [0.05, 0.1) is 0 Å². The molecule has 2 heterocycles. The highest BCUT2D eigenvalue weighted by molar-refractivity contribution is 5.79. The fourth-order valence-electron chi connectivity index (χ4n) is 2.22. The number of pyridine rings is 1. The van der Waals surface area contributed by atoms with Gasteiger partial charge >= 0.3 is 6.43 Å². The molecule has 104 valence electrons. The van der Waals surface area contributed by atoms with Gasteiger partial charge in [-0.15, -0.1) is 0 Å². The smallest absolute Gasteiger partial charge is 0.315 e. The van der Waals surface area contributed by atoms with Crippen molar-refractivity contribution in [3.8, 4) is 0 Å². The molecule has 1 N–H and O–H groups in total. The molecule has 0 spiro atoms. The number of amides is 1. The second-order valence-electron chi connectivity index (χ2n) is 4.71. The minimum Gasteiger partial charge on any atom is -0.356 e. The molecular weight excluding hydrogens is 252 g/mol. The van der Waals surface area contributed by atoms with Crippen molar-refractivity contribution in [2.75, 3.05) is 18.0 Å². The van der Waals surface area contributed by atoms with E-state index in [0.717, 1.165) is 11.5 Å². The van der Waals surface area contributed by atoms with Gasteiger partial charge in [-0.1, -0.05) is 6.07 Å². The number of carbonyl (C=O) groups excluding carboxylic acids is 1. The molecule has 0 atom stereocenters. The van der Waals surface area contributed by atoms with Gasteiger partial charge in [-0.05, 0) is 31.9 Å². The maximum Gasteiger partial charge on any atom is 0.315 e. The van der Waals surface area contributed by atoms with Crippen molar-refractivity contribution < 1.29 is 13.6 Å². The second-order valence-corrected chi connectivity index (χ2v) is 4.71. The molecule has 1 aromatic rings. The molecule has 4 nitrogen and oxygen atoms in total. The Morgan fingerprint density at radius 1 is 1.42 bits per heavy atom. The van der Waals surface area contributed by atoms with Crippen LogP contribution >= 0.6 is 0 Å². The van der Waals surface area contributed by atoms with E-state index in [0.29, 0.717) is 25.9 Å². The fraction of sp³-hybridized carbons (Fsp3) is 0.538. The first-order valence-electron chi connectivity index (χ1n) is 6.33. The minimum atomic E-state index is -2.93. The molecule has 0 aliphatic carbocycles. The predicted molar refractivity (Wildman–Crippen MR) is 68.4 cm³/mol. The molecule has 2 rings (SSSR count). The number of halogens is 2. The first-order chi connectivity index (χ1) is 9.06. The summed E-state index contributed by atoms with van der Waals surface area (Å²) in [4.78, 5) is 17.5. The highest BCUT2D eigenvalue weighted by atomic mass is 19.3. The topological polar surface area (TPSA) is 45.2 Å². The number of rotatable bonds is 3. The third-order valence-electron chi connectivity index (χ3n) is 3.24. The number of anilines is 1. The summed E-state index contributed by atoms with van der Waals surface area (Å²) >= 11 is 0. The van der Waals surface area contributed by atoms with Gasteiger partial charge in [0.25, 0.3) is 5.91 Å². The summed E-state index contributed by atoms with van der Waals surface area (Å²) < 4.78 is 24.3. The number of alkyl halides is 2. The lowest BCUT2D eigenvalue weighted by Gasteiger charge is -2.33. The van der Waals surface area contributed by atoms with Crippen LogP contribution in [0.25, 0.3) is 0 Å². The normalized spacial score (nSPS) is 16.7. The van der Waals surface area contributed by atoms with Gasteiger partial charge in [0.15, 0.2) is 0 Å². The molecule has 1 fully saturated rings. The number of carbonyl (C=O) groups is 1. The molecular formula is C13H17F2N3O. The molecule has 0 unspecified atom stereocenters. The van der Waals surface area contributed by atoms with Gasteiger partial charge in [-0.3, -0.25) is 4.79 Å². The van der Waals surface area contributed by atoms with Crippen molar-refractivity contribution >= 4 is 11.7 Å². The maximum absolute atomic E-state index is 12.1. The summed E-state index contributed by atoms with van der Waals surface area (Å²) in [5, 5.41) is 2.37. The monoisotopic (exact) mass is 269 g/mol. The highest BCUT2D eigenvalue weighted by Gasteiger charge is 2.24. The standard InChI is InChI=1S/C13H17F2N3O/c1-9-3-2-4-11(16-9)18-7-5-10(6-8-18)17-13(19)12(14)15/h2-4,10,12H,5-8H2,1H3,(H,17,19). The number of piperidine rings is 1. The minimum absolute atomic E-state index is 0.164. The molecule has 1 aliphatic rings. The van der Waals surface area contributed by atoms with Crippen LogP contribution in [0.3, 0.4) is 0 Å². The predicted octanol–water partition coefficient (Wildman–Crippen LogP) is 1.74. The Morgan fingerprint density at radius 2 is 2.11 bits per heavy atom. The Hall–Kier alpha value is -1.72. The van der Waals surface area contributed by atoms with Crippen molar-refractivity contribution in [2.45, 2.75) is 32.2 Å². The zero-order chi connectivity index (χ0) is 13.8. The molecule has 1 saturated heterocycles. The Kier molecular flexibility index (Phi) is 4.29. The lowest BCUT2D eigenvalue weighted by atomic mass is 10.0. The van der Waals surface area contributed by atoms with E-state index in [-0.39, 0.29) is 6.04 Å². The van der Waals surface area contributed by atoms with Crippen molar-refractivity contribution in [3.63, 3.8) is 0 Å². The molecule has 0 radical (unpaired) electrons. The summed E-state index contributed by atoms with van der Waals surface area (Å²) in [5.41, 5.74) is 0.950. The van der Waals surface area contributed by atoms with Gasteiger partial charge < -0.3 is 10.2 Å². The molecule has 0 bridgehead atoms. The first-order valence-corrected chi connectivity index (χ1v) is 6.33. The van der Waals surface area contributed by atoms with E-state index >= 15 is 0 Å². The Balaban J connectivity index is 1.87. The maximum atomic E-state index is 12.1. The molecule has 1 amide bonds. The summed E-state index contributed by atoms with van der Waals surface area (Å²) in [6.07, 6.45) is -1.61. The molecule has 0 aromatic carbocycles. The Labute approximate surface area is 110 Å². The SMILES string of the molecule is Cc1cccc(N2CCC(NC(=O)C(F)F)CC2)n1. The number of hydrogen-bond donors (Lipinski definition) is 1. The number of nitrogens with one attached hydrogen (secondary N) is 1. The van der Waals surface area contributed by atoms with E-state index < -0.39 is 12.3 Å². The number of hydrogen-bond acceptors (Lipinski definition) is 3. The third kappa shape index (κ3) is 3.62. The van der Waals surface area contributed by atoms with Crippen LogP contribution < -0.4 is 10.2 Å². The summed E-state index contributed by atoms with van der Waals surface area (Å²) in [6, 6.07) is 5.65. The van der Waals surface area contributed by atoms with Crippen LogP contribution in [0.2, 0.25) is 0 Å². The Bertz CT molecular complexity index is 445. The average Bonchev–Trinajstić information content (AvgIpc) is 2.39. The van der Waals surface area contributed by atoms with E-state index in [1.807, 2.05) is 25.1 Å². The van der Waals surface area contributed by atoms with Crippen molar-refractivity contribution in [1.29, 1.82) is 0 Å². The van der Waals surface area contributed by atoms with E-state index in [1.165, 1.54) is 0 Å². The summed E-state index contributed by atoms with van der Waals surface area (Å²) in [7, 11) is 0. The first kappa shape index (κ1) is 13.7. The van der Waals surface area contributed by atoms with Crippen LogP contribution in [0, 0.1) is 6.92 Å². The lowest BCUT2D eigenvalue weighted by molar-refractivity contribution is -0.132. The van der Waals surface area contributed by atoms with E-state index in [4.69, 9.17) is 0 Å². The van der Waals surface area contributed by atoms with Crippen LogP contribution in [0.5, 0.6) is 0 Å². The van der Waals surface area contributed by atoms with Crippen LogP contribution in [0.4, 0.5) is 14.6 Å². The quantitative estimate of drug-likeness (QED) is 0.909. The van der Waals surface area contributed by atoms with E-state index in [9.17, 15) is 13.6 Å². The highest BCUT2D eigenvalue weighted by Crippen LogP contribution is 2.18. The number of nitrogens with zero attached hydrogens (tertiary/aromatic N) is 2. The largest absolute Gasteiger partial charge is 0.356 e. The van der Waals surface area contributed by atoms with Crippen LogP contribution in [-0.2, 0) is 4.79 Å². The van der Waals surface area contributed by atoms with E-state index in [2.05, 4.69) is 15.2 Å². The lowest BCUT2D eigenvalue weighted by Crippen LogP contribution is -2.46. The van der Waals surface area contributed by atoms with Crippen molar-refractivity contribution in [3.05, 3.63) is 23.9 Å². The average molecular weight is 269 g/mol. The summed E-state index contributed by atoms with van der Waals surface area (Å²) in [5.74, 6) is -0.272. The molecule has 19 heavy (non-hydrogen) atoms. The summed E-state index contributed by atoms with van der Waals surface area (Å²) in [6.45, 7) is 3.36.